The quantitative estimate of drug-likeness (QED) is 0.879. The molecule has 1 unspecified atom stereocenters. The van der Waals surface area contributed by atoms with Crippen LogP contribution in [0.15, 0.2) is 29.0 Å². The molecule has 0 radical (unpaired) electrons. The Balaban J connectivity index is 2.26. The molecular weight excluding hydrogens is 245 g/mol. The highest BCUT2D eigenvalue weighted by molar-refractivity contribution is 7.08. The van der Waals surface area contributed by atoms with Gasteiger partial charge >= 0.3 is 0 Å². The van der Waals surface area contributed by atoms with Crippen LogP contribution < -0.4 is 5.32 Å². The van der Waals surface area contributed by atoms with Gasteiger partial charge in [0.15, 0.2) is 0 Å². The molecule has 0 saturated carbocycles. The number of aryl methyl sites for hydroxylation is 2. The summed E-state index contributed by atoms with van der Waals surface area (Å²) < 4.78 is 13.3. The molecule has 1 aromatic carbocycles. The lowest BCUT2D eigenvalue weighted by atomic mass is 9.96. The van der Waals surface area contributed by atoms with E-state index in [0.717, 1.165) is 17.5 Å². The van der Waals surface area contributed by atoms with Crippen molar-refractivity contribution < 1.29 is 4.39 Å². The lowest BCUT2D eigenvalue weighted by Gasteiger charge is -2.18. The molecule has 3 heteroatoms. The first-order valence-corrected chi connectivity index (χ1v) is 7.01. The van der Waals surface area contributed by atoms with Gasteiger partial charge in [-0.2, -0.15) is 11.3 Å². The minimum Gasteiger partial charge on any atom is -0.313 e. The van der Waals surface area contributed by atoms with Crippen molar-refractivity contribution in [3.05, 3.63) is 57.0 Å². The van der Waals surface area contributed by atoms with Crippen LogP contribution in [0.5, 0.6) is 0 Å². The van der Waals surface area contributed by atoms with Gasteiger partial charge in [0.05, 0.1) is 0 Å². The zero-order valence-electron chi connectivity index (χ0n) is 11.0. The largest absolute Gasteiger partial charge is 0.313 e. The summed E-state index contributed by atoms with van der Waals surface area (Å²) in [5.41, 5.74) is 4.82. The summed E-state index contributed by atoms with van der Waals surface area (Å²) in [6.45, 7) is 4.15. The number of halogens is 1. The van der Waals surface area contributed by atoms with Crippen molar-refractivity contribution in [2.75, 3.05) is 7.05 Å². The van der Waals surface area contributed by atoms with Gasteiger partial charge < -0.3 is 5.32 Å². The van der Waals surface area contributed by atoms with Crippen LogP contribution in [-0.2, 0) is 6.42 Å². The maximum absolute atomic E-state index is 13.3. The summed E-state index contributed by atoms with van der Waals surface area (Å²) in [5.74, 6) is -0.160. The van der Waals surface area contributed by atoms with Crippen molar-refractivity contribution in [1.29, 1.82) is 0 Å². The van der Waals surface area contributed by atoms with Crippen molar-refractivity contribution in [2.24, 2.45) is 0 Å². The van der Waals surface area contributed by atoms with E-state index < -0.39 is 0 Å². The summed E-state index contributed by atoms with van der Waals surface area (Å²) in [5, 5.41) is 7.65. The Morgan fingerprint density at radius 2 is 2.00 bits per heavy atom. The molecule has 0 aliphatic carbocycles. The van der Waals surface area contributed by atoms with Gasteiger partial charge in [-0.15, -0.1) is 0 Å². The number of hydrogen-bond donors (Lipinski definition) is 1. The topological polar surface area (TPSA) is 12.0 Å². The zero-order valence-corrected chi connectivity index (χ0v) is 11.8. The minimum absolute atomic E-state index is 0.160. The molecule has 96 valence electrons. The second-order valence-corrected chi connectivity index (χ2v) is 5.37. The number of likely N-dealkylation sites (N-methyl/N-ethyl adjacent to an activating group) is 1. The first-order chi connectivity index (χ1) is 8.61. The summed E-state index contributed by atoms with van der Waals surface area (Å²) in [4.78, 5) is 0. The van der Waals surface area contributed by atoms with Gasteiger partial charge in [0.2, 0.25) is 0 Å². The first kappa shape index (κ1) is 13.2. The summed E-state index contributed by atoms with van der Waals surface area (Å²) in [7, 11) is 1.95. The molecule has 1 nitrogen and oxygen atoms in total. The van der Waals surface area contributed by atoms with Crippen LogP contribution in [0.3, 0.4) is 0 Å². The van der Waals surface area contributed by atoms with E-state index in [1.54, 1.807) is 17.4 Å². The van der Waals surface area contributed by atoms with Crippen molar-refractivity contribution in [1.82, 2.24) is 5.32 Å². The highest BCUT2D eigenvalue weighted by Gasteiger charge is 2.14. The number of hydrogen-bond acceptors (Lipinski definition) is 2. The molecule has 1 aromatic heterocycles. The molecular formula is C15H18FNS. The molecule has 0 fully saturated rings. The van der Waals surface area contributed by atoms with Crippen LogP contribution in [0.2, 0.25) is 0 Å². The lowest BCUT2D eigenvalue weighted by molar-refractivity contribution is 0.581. The van der Waals surface area contributed by atoms with Gasteiger partial charge in [0, 0.05) is 6.04 Å². The van der Waals surface area contributed by atoms with E-state index in [0.29, 0.717) is 0 Å². The van der Waals surface area contributed by atoms with Gasteiger partial charge in [0.1, 0.15) is 5.82 Å². The third-order valence-electron chi connectivity index (χ3n) is 3.35. The molecule has 0 spiro atoms. The predicted octanol–water partition coefficient (Wildman–Crippen LogP) is 4.01. The van der Waals surface area contributed by atoms with E-state index in [4.69, 9.17) is 0 Å². The van der Waals surface area contributed by atoms with Gasteiger partial charge in [-0.3, -0.25) is 0 Å². The molecule has 1 N–H and O–H groups in total. The molecule has 2 rings (SSSR count). The van der Waals surface area contributed by atoms with Gasteiger partial charge in [0.25, 0.3) is 0 Å². The average molecular weight is 263 g/mol. The third kappa shape index (κ3) is 2.79. The van der Waals surface area contributed by atoms with E-state index in [1.165, 1.54) is 17.2 Å². The fourth-order valence-corrected chi connectivity index (χ4v) is 3.08. The molecule has 2 aromatic rings. The Labute approximate surface area is 112 Å². The van der Waals surface area contributed by atoms with E-state index in [9.17, 15) is 4.39 Å². The van der Waals surface area contributed by atoms with Crippen LogP contribution in [0, 0.1) is 19.7 Å². The zero-order chi connectivity index (χ0) is 13.1. The van der Waals surface area contributed by atoms with Crippen molar-refractivity contribution >= 4 is 11.3 Å². The average Bonchev–Trinajstić information content (AvgIpc) is 2.77. The fraction of sp³-hybridized carbons (Fsp3) is 0.333. The standard InChI is InChI=1S/C15H18FNS/c1-10-4-5-13(16)6-12(10)7-15(17-3)14-9-18-8-11(14)2/h4-6,8-9,15,17H,7H2,1-3H3. The van der Waals surface area contributed by atoms with Crippen LogP contribution in [0.1, 0.15) is 28.3 Å². The fourth-order valence-electron chi connectivity index (χ4n) is 2.17. The number of benzene rings is 1. The van der Waals surface area contributed by atoms with Crippen molar-refractivity contribution in [3.8, 4) is 0 Å². The van der Waals surface area contributed by atoms with Crippen molar-refractivity contribution in [3.63, 3.8) is 0 Å². The smallest absolute Gasteiger partial charge is 0.123 e. The Morgan fingerprint density at radius 3 is 2.61 bits per heavy atom. The second-order valence-electron chi connectivity index (χ2n) is 4.63. The summed E-state index contributed by atoms with van der Waals surface area (Å²) in [6, 6.07) is 5.25. The van der Waals surface area contributed by atoms with E-state index >= 15 is 0 Å². The molecule has 0 aliphatic heterocycles. The van der Waals surface area contributed by atoms with Gasteiger partial charge in [-0.05, 0) is 72.5 Å². The first-order valence-electron chi connectivity index (χ1n) is 6.06. The molecule has 0 saturated heterocycles. The van der Waals surface area contributed by atoms with Gasteiger partial charge in [-0.25, -0.2) is 4.39 Å². The second kappa shape index (κ2) is 5.63. The van der Waals surface area contributed by atoms with E-state index in [-0.39, 0.29) is 11.9 Å². The number of nitrogens with one attached hydrogen (secondary N) is 1. The normalized spacial score (nSPS) is 12.7. The minimum atomic E-state index is -0.160. The van der Waals surface area contributed by atoms with E-state index in [2.05, 4.69) is 23.0 Å². The SMILES string of the molecule is CNC(Cc1cc(F)ccc1C)c1cscc1C. The van der Waals surface area contributed by atoms with Crippen LogP contribution in [-0.4, -0.2) is 7.05 Å². The van der Waals surface area contributed by atoms with Gasteiger partial charge in [-0.1, -0.05) is 6.07 Å². The maximum atomic E-state index is 13.3. The van der Waals surface area contributed by atoms with E-state index in [1.807, 2.05) is 20.0 Å². The lowest BCUT2D eigenvalue weighted by Crippen LogP contribution is -2.19. The summed E-state index contributed by atoms with van der Waals surface area (Å²) in [6.07, 6.45) is 0.817. The molecule has 1 atom stereocenters. The predicted molar refractivity (Wildman–Crippen MR) is 75.7 cm³/mol. The molecule has 1 heterocycles. The molecule has 0 aliphatic rings. The molecule has 0 bridgehead atoms. The Morgan fingerprint density at radius 1 is 1.22 bits per heavy atom. The highest BCUT2D eigenvalue weighted by Crippen LogP contribution is 2.26. The highest BCUT2D eigenvalue weighted by atomic mass is 32.1. The van der Waals surface area contributed by atoms with Crippen LogP contribution >= 0.6 is 11.3 Å². The van der Waals surface area contributed by atoms with Crippen LogP contribution in [0.4, 0.5) is 4.39 Å². The Kier molecular flexibility index (Phi) is 4.15. The van der Waals surface area contributed by atoms with Crippen LogP contribution in [0.25, 0.3) is 0 Å². The maximum Gasteiger partial charge on any atom is 0.123 e. The Hall–Kier alpha value is -1.19. The molecule has 18 heavy (non-hydrogen) atoms. The summed E-state index contributed by atoms with van der Waals surface area (Å²) >= 11 is 1.71. The third-order valence-corrected chi connectivity index (χ3v) is 4.23. The Bertz CT molecular complexity index is 533. The molecule has 0 amide bonds. The number of thiophene rings is 1. The monoisotopic (exact) mass is 263 g/mol. The van der Waals surface area contributed by atoms with Crippen molar-refractivity contribution in [2.45, 2.75) is 26.3 Å². The number of rotatable bonds is 4.